The topological polar surface area (TPSA) is 106 Å². The molecule has 8 nitrogen and oxygen atoms in total. The van der Waals surface area contributed by atoms with Gasteiger partial charge in [-0.15, -0.1) is 11.3 Å². The van der Waals surface area contributed by atoms with E-state index in [0.717, 1.165) is 12.4 Å². The van der Waals surface area contributed by atoms with Crippen LogP contribution in [0.1, 0.15) is 0 Å². The fourth-order valence-electron chi connectivity index (χ4n) is 1.83. The van der Waals surface area contributed by atoms with E-state index in [0.29, 0.717) is 10.8 Å². The molecule has 24 heavy (non-hydrogen) atoms. The highest BCUT2D eigenvalue weighted by Crippen LogP contribution is 2.33. The molecule has 0 spiro atoms. The fourth-order valence-corrected chi connectivity index (χ4v) is 2.54. The Hall–Kier alpha value is -2.85. The number of rotatable bonds is 5. The maximum atomic E-state index is 13.2. The Morgan fingerprint density at radius 3 is 2.58 bits per heavy atom. The number of nitrogens with zero attached hydrogens (tertiary/aromatic N) is 4. The summed E-state index contributed by atoms with van der Waals surface area (Å²) in [7, 11) is 0. The van der Waals surface area contributed by atoms with Crippen LogP contribution < -0.4 is 10.6 Å². The standard InChI is InChI=1S/C13H8ClFN6O2S/c14-8-5-7(1-2-9(8)15)19-11-10(21(22)23)12(18-6-17-11)20-13-16-3-4-24-13/h1-6H,(H2,16,17,18,19,20). The molecule has 0 saturated carbocycles. The summed E-state index contributed by atoms with van der Waals surface area (Å²) in [6, 6.07) is 3.84. The molecular formula is C13H8ClFN6O2S. The summed E-state index contributed by atoms with van der Waals surface area (Å²) in [6.07, 6.45) is 2.72. The minimum atomic E-state index is -0.622. The molecule has 0 amide bonds. The molecule has 2 N–H and O–H groups in total. The molecule has 2 aromatic heterocycles. The van der Waals surface area contributed by atoms with Gasteiger partial charge in [-0.25, -0.2) is 19.3 Å². The zero-order valence-electron chi connectivity index (χ0n) is 11.7. The van der Waals surface area contributed by atoms with Crippen molar-refractivity contribution in [2.45, 2.75) is 0 Å². The van der Waals surface area contributed by atoms with Gasteiger partial charge in [-0.1, -0.05) is 11.6 Å². The highest BCUT2D eigenvalue weighted by molar-refractivity contribution is 7.13. The summed E-state index contributed by atoms with van der Waals surface area (Å²) in [5, 5.41) is 19.0. The van der Waals surface area contributed by atoms with Gasteiger partial charge in [0, 0.05) is 17.3 Å². The summed E-state index contributed by atoms with van der Waals surface area (Å²) < 4.78 is 13.2. The van der Waals surface area contributed by atoms with E-state index in [4.69, 9.17) is 11.6 Å². The summed E-state index contributed by atoms with van der Waals surface area (Å²) in [5.41, 5.74) is -0.0171. The molecule has 0 radical (unpaired) electrons. The van der Waals surface area contributed by atoms with Gasteiger partial charge >= 0.3 is 5.69 Å². The maximum absolute atomic E-state index is 13.2. The minimum absolute atomic E-state index is 0.0133. The van der Waals surface area contributed by atoms with Gasteiger partial charge in [0.1, 0.15) is 12.1 Å². The highest BCUT2D eigenvalue weighted by atomic mass is 35.5. The highest BCUT2D eigenvalue weighted by Gasteiger charge is 2.24. The van der Waals surface area contributed by atoms with Crippen molar-refractivity contribution in [1.29, 1.82) is 0 Å². The summed E-state index contributed by atoms with van der Waals surface area (Å²) in [5.74, 6) is -0.664. The van der Waals surface area contributed by atoms with Crippen molar-refractivity contribution in [3.63, 3.8) is 0 Å². The Balaban J connectivity index is 1.97. The van der Waals surface area contributed by atoms with E-state index in [1.807, 2.05) is 0 Å². The van der Waals surface area contributed by atoms with Crippen LogP contribution in [-0.2, 0) is 0 Å². The van der Waals surface area contributed by atoms with Crippen molar-refractivity contribution < 1.29 is 9.31 Å². The van der Waals surface area contributed by atoms with Crippen molar-refractivity contribution in [3.05, 3.63) is 57.1 Å². The Labute approximate surface area is 143 Å². The van der Waals surface area contributed by atoms with Gasteiger partial charge in [0.15, 0.2) is 5.13 Å². The molecule has 0 unspecified atom stereocenters. The Bertz CT molecular complexity index is 892. The third-order valence-electron chi connectivity index (χ3n) is 2.84. The molecule has 0 bridgehead atoms. The van der Waals surface area contributed by atoms with Crippen molar-refractivity contribution in [3.8, 4) is 0 Å². The smallest absolute Gasteiger partial charge is 0.334 e. The summed E-state index contributed by atoms with van der Waals surface area (Å²) in [4.78, 5) is 22.6. The average Bonchev–Trinajstić information content (AvgIpc) is 3.04. The quantitative estimate of drug-likeness (QED) is 0.516. The van der Waals surface area contributed by atoms with Gasteiger partial charge in [-0.2, -0.15) is 0 Å². The number of hydrogen-bond donors (Lipinski definition) is 2. The molecule has 0 aliphatic heterocycles. The van der Waals surface area contributed by atoms with Crippen LogP contribution in [0.3, 0.4) is 0 Å². The molecule has 3 rings (SSSR count). The second-order valence-electron chi connectivity index (χ2n) is 4.39. The van der Waals surface area contributed by atoms with E-state index in [2.05, 4.69) is 25.6 Å². The molecule has 2 heterocycles. The average molecular weight is 367 g/mol. The number of nitrogens with one attached hydrogen (secondary N) is 2. The minimum Gasteiger partial charge on any atom is -0.334 e. The zero-order valence-corrected chi connectivity index (χ0v) is 13.3. The molecule has 11 heteroatoms. The van der Waals surface area contributed by atoms with Gasteiger partial charge in [-0.3, -0.25) is 10.1 Å². The van der Waals surface area contributed by atoms with Crippen LogP contribution in [0.25, 0.3) is 0 Å². The van der Waals surface area contributed by atoms with Crippen LogP contribution in [-0.4, -0.2) is 19.9 Å². The molecule has 0 saturated heterocycles. The van der Waals surface area contributed by atoms with Crippen molar-refractivity contribution in [2.24, 2.45) is 0 Å². The fraction of sp³-hybridized carbons (Fsp3) is 0. The first-order chi connectivity index (χ1) is 11.5. The van der Waals surface area contributed by atoms with Crippen LogP contribution in [0.4, 0.5) is 32.5 Å². The number of anilines is 4. The van der Waals surface area contributed by atoms with Crippen LogP contribution in [0.5, 0.6) is 0 Å². The predicted molar refractivity (Wildman–Crippen MR) is 88.8 cm³/mol. The largest absolute Gasteiger partial charge is 0.353 e. The Morgan fingerprint density at radius 1 is 1.21 bits per heavy atom. The van der Waals surface area contributed by atoms with Crippen LogP contribution >= 0.6 is 22.9 Å². The number of halogens is 2. The molecule has 0 aliphatic rings. The first-order valence-electron chi connectivity index (χ1n) is 6.42. The SMILES string of the molecule is O=[N+]([O-])c1c(Nc2ccc(F)c(Cl)c2)ncnc1Nc1nccs1. The maximum Gasteiger partial charge on any atom is 0.353 e. The van der Waals surface area contributed by atoms with Gasteiger partial charge < -0.3 is 10.6 Å². The summed E-state index contributed by atoms with van der Waals surface area (Å²) in [6.45, 7) is 0. The first-order valence-corrected chi connectivity index (χ1v) is 7.68. The molecule has 122 valence electrons. The van der Waals surface area contributed by atoms with Crippen LogP contribution in [0.15, 0.2) is 36.1 Å². The first kappa shape index (κ1) is 16.0. The van der Waals surface area contributed by atoms with Gasteiger partial charge in [0.2, 0.25) is 11.6 Å². The lowest BCUT2D eigenvalue weighted by atomic mass is 10.3. The van der Waals surface area contributed by atoms with Gasteiger partial charge in [0.25, 0.3) is 0 Å². The molecular weight excluding hydrogens is 359 g/mol. The second-order valence-corrected chi connectivity index (χ2v) is 5.69. The van der Waals surface area contributed by atoms with Crippen molar-refractivity contribution in [2.75, 3.05) is 10.6 Å². The van der Waals surface area contributed by atoms with Crippen molar-refractivity contribution in [1.82, 2.24) is 15.0 Å². The monoisotopic (exact) mass is 366 g/mol. The summed E-state index contributed by atoms with van der Waals surface area (Å²) >= 11 is 6.97. The molecule has 3 aromatic rings. The molecule has 1 aromatic carbocycles. The Morgan fingerprint density at radius 2 is 1.96 bits per heavy atom. The lowest BCUT2D eigenvalue weighted by Gasteiger charge is -2.09. The predicted octanol–water partition coefficient (Wildman–Crippen LogP) is 4.12. The number of nitro groups is 1. The lowest BCUT2D eigenvalue weighted by Crippen LogP contribution is -2.05. The number of benzene rings is 1. The Kier molecular flexibility index (Phi) is 4.49. The third-order valence-corrected chi connectivity index (χ3v) is 3.82. The van der Waals surface area contributed by atoms with E-state index < -0.39 is 10.7 Å². The second kappa shape index (κ2) is 6.72. The van der Waals surface area contributed by atoms with Gasteiger partial charge in [0.05, 0.1) is 9.95 Å². The number of aromatic nitrogens is 3. The van der Waals surface area contributed by atoms with Crippen LogP contribution in [0.2, 0.25) is 5.02 Å². The molecule has 0 fully saturated rings. The third kappa shape index (κ3) is 3.39. The van der Waals surface area contributed by atoms with E-state index in [-0.39, 0.29) is 22.3 Å². The van der Waals surface area contributed by atoms with E-state index in [1.54, 1.807) is 11.6 Å². The number of thiazole rings is 1. The van der Waals surface area contributed by atoms with E-state index in [9.17, 15) is 14.5 Å². The zero-order chi connectivity index (χ0) is 17.1. The van der Waals surface area contributed by atoms with E-state index >= 15 is 0 Å². The normalized spacial score (nSPS) is 10.4. The molecule has 0 aliphatic carbocycles. The van der Waals surface area contributed by atoms with Crippen LogP contribution in [0, 0.1) is 15.9 Å². The number of hydrogen-bond acceptors (Lipinski definition) is 8. The molecule has 0 atom stereocenters. The lowest BCUT2D eigenvalue weighted by molar-refractivity contribution is -0.383. The van der Waals surface area contributed by atoms with Crippen molar-refractivity contribution >= 4 is 51.1 Å². The van der Waals surface area contributed by atoms with E-state index in [1.165, 1.54) is 23.5 Å². The van der Waals surface area contributed by atoms with Gasteiger partial charge in [-0.05, 0) is 18.2 Å².